The summed E-state index contributed by atoms with van der Waals surface area (Å²) in [5.41, 5.74) is 1.63. The number of hydrogen-bond acceptors (Lipinski definition) is 3. The number of benzene rings is 2. The summed E-state index contributed by atoms with van der Waals surface area (Å²) in [6.45, 7) is 2.55. The van der Waals surface area contributed by atoms with E-state index >= 15 is 0 Å². The van der Waals surface area contributed by atoms with Gasteiger partial charge in [0.2, 0.25) is 5.91 Å². The topological polar surface area (TPSA) is 43.9 Å². The molecule has 7 heteroatoms. The predicted molar refractivity (Wildman–Crippen MR) is 122 cm³/mol. The molecule has 2 heterocycles. The minimum atomic E-state index is -0.265. The monoisotopic (exact) mass is 487 g/mol. The molecule has 2 fully saturated rings. The first-order valence-electron chi connectivity index (χ1n) is 10.7. The van der Waals surface area contributed by atoms with Crippen molar-refractivity contribution in [3.05, 3.63) is 64.4 Å². The predicted octanol–water partition coefficient (Wildman–Crippen LogP) is 4.70. The minimum absolute atomic E-state index is 0.117. The minimum Gasteiger partial charge on any atom is -0.322 e. The normalized spacial score (nSPS) is 21.1. The summed E-state index contributed by atoms with van der Waals surface area (Å²) in [5.74, 6) is 0.162. The Hall–Kier alpha value is -2.25. The molecule has 0 radical (unpaired) electrons. The van der Waals surface area contributed by atoms with Gasteiger partial charge in [-0.15, -0.1) is 0 Å². The molecule has 5 nitrogen and oxygen atoms in total. The van der Waals surface area contributed by atoms with Crippen molar-refractivity contribution in [1.29, 1.82) is 0 Å². The number of amides is 3. The maximum atomic E-state index is 13.6. The quantitative estimate of drug-likeness (QED) is 0.613. The van der Waals surface area contributed by atoms with Crippen LogP contribution in [0, 0.1) is 11.7 Å². The third-order valence-electron chi connectivity index (χ3n) is 6.41. The van der Waals surface area contributed by atoms with Crippen LogP contribution in [0.1, 0.15) is 24.8 Å². The first-order valence-corrected chi connectivity index (χ1v) is 11.5. The van der Waals surface area contributed by atoms with Gasteiger partial charge in [0.05, 0.1) is 11.7 Å². The summed E-state index contributed by atoms with van der Waals surface area (Å²) in [6.07, 6.45) is 3.24. The lowest BCUT2D eigenvalue weighted by Gasteiger charge is -2.41. The Morgan fingerprint density at radius 2 is 1.77 bits per heavy atom. The van der Waals surface area contributed by atoms with E-state index < -0.39 is 0 Å². The van der Waals surface area contributed by atoms with Gasteiger partial charge in [-0.2, -0.15) is 0 Å². The number of nitrogens with zero attached hydrogens (tertiary/aromatic N) is 3. The summed E-state index contributed by atoms with van der Waals surface area (Å²) in [5, 5.41) is 0. The van der Waals surface area contributed by atoms with Gasteiger partial charge in [-0.05, 0) is 74.2 Å². The Labute approximate surface area is 190 Å². The van der Waals surface area contributed by atoms with Crippen LogP contribution in [0.25, 0.3) is 0 Å². The molecule has 4 rings (SSSR count). The molecule has 2 aliphatic heterocycles. The molecule has 0 spiro atoms. The van der Waals surface area contributed by atoms with E-state index in [-0.39, 0.29) is 23.8 Å². The van der Waals surface area contributed by atoms with Crippen LogP contribution in [0.4, 0.5) is 14.9 Å². The van der Waals surface area contributed by atoms with Crippen molar-refractivity contribution in [1.82, 2.24) is 9.80 Å². The highest BCUT2D eigenvalue weighted by atomic mass is 79.9. The molecule has 1 atom stereocenters. The molecule has 1 unspecified atom stereocenters. The molecule has 2 aromatic carbocycles. The molecule has 0 N–H and O–H groups in total. The van der Waals surface area contributed by atoms with Crippen molar-refractivity contribution in [3.63, 3.8) is 0 Å². The highest BCUT2D eigenvalue weighted by molar-refractivity contribution is 9.10. The smallest absolute Gasteiger partial charge is 0.322 e. The van der Waals surface area contributed by atoms with Gasteiger partial charge in [0, 0.05) is 24.5 Å². The zero-order valence-corrected chi connectivity index (χ0v) is 19.2. The van der Waals surface area contributed by atoms with Crippen LogP contribution in [0.2, 0.25) is 0 Å². The van der Waals surface area contributed by atoms with E-state index in [0.29, 0.717) is 24.6 Å². The third-order valence-corrected chi connectivity index (χ3v) is 7.18. The van der Waals surface area contributed by atoms with Crippen LogP contribution in [-0.2, 0) is 11.2 Å². The van der Waals surface area contributed by atoms with E-state index in [1.54, 1.807) is 36.2 Å². The number of piperidine rings is 1. The fourth-order valence-electron chi connectivity index (χ4n) is 4.55. The average Bonchev–Trinajstić information content (AvgIpc) is 2.76. The van der Waals surface area contributed by atoms with E-state index in [9.17, 15) is 14.0 Å². The summed E-state index contributed by atoms with van der Waals surface area (Å²) < 4.78 is 14.5. The zero-order valence-electron chi connectivity index (χ0n) is 17.6. The molecular formula is C24H27BrFN3O2. The van der Waals surface area contributed by atoms with E-state index in [1.165, 1.54) is 11.0 Å². The number of likely N-dealkylation sites (N-methyl/N-ethyl adjacent to an activating group) is 1. The number of hydrogen-bond donors (Lipinski definition) is 0. The maximum absolute atomic E-state index is 13.6. The van der Waals surface area contributed by atoms with E-state index in [1.807, 2.05) is 18.2 Å². The number of urea groups is 1. The lowest BCUT2D eigenvalue weighted by Crippen LogP contribution is -2.58. The summed E-state index contributed by atoms with van der Waals surface area (Å²) in [4.78, 5) is 30.9. The SMILES string of the molecule is CN1C(=O)N(c2ccccc2)C(=O)CC1CN1CCC(Cc2cc(F)ccc2Br)CC1. The summed E-state index contributed by atoms with van der Waals surface area (Å²) in [7, 11) is 1.78. The Bertz CT molecular complexity index is 947. The van der Waals surface area contributed by atoms with E-state index in [4.69, 9.17) is 0 Å². The molecule has 3 amide bonds. The average molecular weight is 488 g/mol. The van der Waals surface area contributed by atoms with E-state index in [0.717, 1.165) is 42.4 Å². The number of carbonyl (C=O) groups excluding carboxylic acids is 2. The van der Waals surface area contributed by atoms with Crippen molar-refractivity contribution in [2.45, 2.75) is 31.7 Å². The van der Waals surface area contributed by atoms with E-state index in [2.05, 4.69) is 20.8 Å². The first kappa shape index (κ1) is 22.0. The second kappa shape index (κ2) is 9.49. The van der Waals surface area contributed by atoms with Crippen molar-refractivity contribution < 1.29 is 14.0 Å². The van der Waals surface area contributed by atoms with Crippen LogP contribution < -0.4 is 4.90 Å². The van der Waals surface area contributed by atoms with Crippen LogP contribution >= 0.6 is 15.9 Å². The first-order chi connectivity index (χ1) is 14.9. The molecule has 0 bridgehead atoms. The fraction of sp³-hybridized carbons (Fsp3) is 0.417. The van der Waals surface area contributed by atoms with Crippen molar-refractivity contribution in [2.24, 2.45) is 5.92 Å². The Morgan fingerprint density at radius 1 is 1.06 bits per heavy atom. The van der Waals surface area contributed by atoms with Crippen molar-refractivity contribution >= 4 is 33.6 Å². The lowest BCUT2D eigenvalue weighted by molar-refractivity contribution is -0.120. The summed E-state index contributed by atoms with van der Waals surface area (Å²) in [6, 6.07) is 13.6. The third kappa shape index (κ3) is 4.99. The largest absolute Gasteiger partial charge is 0.331 e. The molecule has 31 heavy (non-hydrogen) atoms. The standard InChI is InChI=1S/C24H27BrFN3O2/c1-27-21(15-23(30)29(24(27)31)20-5-3-2-4-6-20)16-28-11-9-17(10-12-28)13-18-14-19(26)7-8-22(18)25/h2-8,14,17,21H,9-13,15-16H2,1H3. The van der Waals surface area contributed by atoms with Gasteiger partial charge in [0.15, 0.2) is 0 Å². The van der Waals surface area contributed by atoms with Gasteiger partial charge in [-0.1, -0.05) is 34.1 Å². The van der Waals surface area contributed by atoms with Crippen molar-refractivity contribution in [3.8, 4) is 0 Å². The summed E-state index contributed by atoms with van der Waals surface area (Å²) >= 11 is 3.52. The van der Waals surface area contributed by atoms with Crippen LogP contribution in [0.15, 0.2) is 53.0 Å². The molecule has 164 valence electrons. The number of carbonyl (C=O) groups is 2. The molecule has 2 aromatic rings. The van der Waals surface area contributed by atoms with Gasteiger partial charge < -0.3 is 9.80 Å². The fourth-order valence-corrected chi connectivity index (χ4v) is 4.96. The zero-order chi connectivity index (χ0) is 22.0. The molecular weight excluding hydrogens is 461 g/mol. The lowest BCUT2D eigenvalue weighted by atomic mass is 9.90. The number of halogens is 2. The molecule has 0 saturated carbocycles. The second-order valence-electron chi connectivity index (χ2n) is 8.50. The highest BCUT2D eigenvalue weighted by Gasteiger charge is 2.38. The Balaban J connectivity index is 1.32. The number of anilines is 1. The van der Waals surface area contributed by atoms with Gasteiger partial charge in [0.25, 0.3) is 0 Å². The highest BCUT2D eigenvalue weighted by Crippen LogP contribution is 2.28. The molecule has 2 aliphatic rings. The second-order valence-corrected chi connectivity index (χ2v) is 9.35. The van der Waals surface area contributed by atoms with Crippen LogP contribution in [0.5, 0.6) is 0 Å². The molecule has 0 aromatic heterocycles. The van der Waals surface area contributed by atoms with Gasteiger partial charge >= 0.3 is 6.03 Å². The maximum Gasteiger partial charge on any atom is 0.331 e. The van der Waals surface area contributed by atoms with Crippen LogP contribution in [0.3, 0.4) is 0 Å². The molecule has 0 aliphatic carbocycles. The van der Waals surface area contributed by atoms with Crippen molar-refractivity contribution in [2.75, 3.05) is 31.6 Å². The van der Waals surface area contributed by atoms with Gasteiger partial charge in [-0.25, -0.2) is 14.1 Å². The Morgan fingerprint density at radius 3 is 2.48 bits per heavy atom. The number of rotatable bonds is 5. The number of para-hydroxylation sites is 1. The number of likely N-dealkylation sites (tertiary alicyclic amines) is 1. The van der Waals surface area contributed by atoms with Gasteiger partial charge in [0.1, 0.15) is 5.82 Å². The van der Waals surface area contributed by atoms with Crippen LogP contribution in [-0.4, -0.2) is 54.5 Å². The molecule has 2 saturated heterocycles. The van der Waals surface area contributed by atoms with Gasteiger partial charge in [-0.3, -0.25) is 4.79 Å². The number of imide groups is 1. The Kier molecular flexibility index (Phi) is 6.72.